The number of hydrogen-bond acceptors (Lipinski definition) is 4. The van der Waals surface area contributed by atoms with E-state index in [0.29, 0.717) is 12.5 Å². The van der Waals surface area contributed by atoms with Crippen LogP contribution in [0.25, 0.3) is 21.5 Å². The topological polar surface area (TPSA) is 83.8 Å². The van der Waals surface area contributed by atoms with Gasteiger partial charge in [0.1, 0.15) is 5.65 Å². The molecule has 3 aromatic heterocycles. The highest BCUT2D eigenvalue weighted by Gasteiger charge is 2.21. The number of nitrogens with zero attached hydrogens (tertiary/aromatic N) is 1. The second-order valence-corrected chi connectivity index (χ2v) is 8.49. The molecule has 142 valence electrons. The number of nitrogens with two attached hydrogens (primary N) is 1. The van der Waals surface area contributed by atoms with Gasteiger partial charge in [-0.25, -0.2) is 4.98 Å². The Morgan fingerprint density at radius 1 is 1.26 bits per heavy atom. The molecule has 3 aromatic rings. The number of nitrogens with one attached hydrogen (secondary N) is 2. The number of carbonyl (C=O) groups is 1. The van der Waals surface area contributed by atoms with Gasteiger partial charge in [-0.2, -0.15) is 0 Å². The molecule has 1 atom stereocenters. The largest absolute Gasteiger partial charge is 0.347 e. The van der Waals surface area contributed by atoms with E-state index in [2.05, 4.69) is 15.3 Å². The predicted octanol–water partition coefficient (Wildman–Crippen LogP) is 4.32. The summed E-state index contributed by atoms with van der Waals surface area (Å²) in [5.74, 6) is 0.682. The van der Waals surface area contributed by atoms with E-state index in [1.54, 1.807) is 6.20 Å². The van der Waals surface area contributed by atoms with Gasteiger partial charge < -0.3 is 16.0 Å². The number of pyridine rings is 1. The molecule has 0 aliphatic heterocycles. The van der Waals surface area contributed by atoms with Crippen LogP contribution in [0.2, 0.25) is 0 Å². The van der Waals surface area contributed by atoms with E-state index in [-0.39, 0.29) is 11.9 Å². The van der Waals surface area contributed by atoms with Crippen LogP contribution < -0.4 is 11.1 Å². The summed E-state index contributed by atoms with van der Waals surface area (Å²) in [7, 11) is 0. The zero-order valence-electron chi connectivity index (χ0n) is 15.4. The van der Waals surface area contributed by atoms with Gasteiger partial charge in [0.05, 0.1) is 4.88 Å². The SMILES string of the molecule is NC[C@@H](CC1CCCCC1)NC(=O)c1ccc(-c2ccnc3[nH]ccc23)s1. The third-order valence-corrected chi connectivity index (χ3v) is 6.64. The molecule has 1 amide bonds. The molecule has 0 saturated heterocycles. The van der Waals surface area contributed by atoms with Gasteiger partial charge in [0.15, 0.2) is 0 Å². The molecular weight excluding hydrogens is 356 g/mol. The highest BCUT2D eigenvalue weighted by Crippen LogP contribution is 2.33. The number of thiophene rings is 1. The molecule has 4 rings (SSSR count). The molecule has 1 saturated carbocycles. The van der Waals surface area contributed by atoms with Crippen molar-refractivity contribution in [2.45, 2.75) is 44.6 Å². The Hall–Kier alpha value is -2.18. The second kappa shape index (κ2) is 8.23. The summed E-state index contributed by atoms with van der Waals surface area (Å²) >= 11 is 1.52. The van der Waals surface area contributed by atoms with Crippen molar-refractivity contribution in [3.8, 4) is 10.4 Å². The first-order valence-corrected chi connectivity index (χ1v) is 10.6. The minimum Gasteiger partial charge on any atom is -0.347 e. The Kier molecular flexibility index (Phi) is 5.55. The number of rotatable bonds is 6. The van der Waals surface area contributed by atoms with Gasteiger partial charge in [-0.05, 0) is 36.6 Å². The smallest absolute Gasteiger partial charge is 0.261 e. The Morgan fingerprint density at radius 2 is 2.11 bits per heavy atom. The van der Waals surface area contributed by atoms with E-state index in [0.717, 1.165) is 32.8 Å². The monoisotopic (exact) mass is 382 g/mol. The molecule has 0 bridgehead atoms. The summed E-state index contributed by atoms with van der Waals surface area (Å²) in [5, 5.41) is 4.23. The fraction of sp³-hybridized carbons (Fsp3) is 0.429. The molecule has 0 radical (unpaired) electrons. The van der Waals surface area contributed by atoms with Crippen molar-refractivity contribution in [1.29, 1.82) is 0 Å². The number of carbonyl (C=O) groups excluding carboxylic acids is 1. The number of hydrogen-bond donors (Lipinski definition) is 3. The zero-order valence-corrected chi connectivity index (χ0v) is 16.2. The molecular formula is C21H26N4OS. The van der Waals surface area contributed by atoms with Gasteiger partial charge >= 0.3 is 0 Å². The van der Waals surface area contributed by atoms with Crippen molar-refractivity contribution in [3.63, 3.8) is 0 Å². The normalized spacial score (nSPS) is 16.5. The molecule has 4 N–H and O–H groups in total. The summed E-state index contributed by atoms with van der Waals surface area (Å²) in [4.78, 5) is 22.0. The van der Waals surface area contributed by atoms with Gasteiger partial charge in [0.2, 0.25) is 0 Å². The third kappa shape index (κ3) is 4.06. The maximum atomic E-state index is 12.7. The van der Waals surface area contributed by atoms with Crippen molar-refractivity contribution in [2.24, 2.45) is 11.7 Å². The van der Waals surface area contributed by atoms with Crippen LogP contribution in [-0.4, -0.2) is 28.5 Å². The van der Waals surface area contributed by atoms with Crippen molar-refractivity contribution in [1.82, 2.24) is 15.3 Å². The summed E-state index contributed by atoms with van der Waals surface area (Å²) < 4.78 is 0. The van der Waals surface area contributed by atoms with Crippen LogP contribution in [0.3, 0.4) is 0 Å². The van der Waals surface area contributed by atoms with E-state index in [9.17, 15) is 4.79 Å². The van der Waals surface area contributed by atoms with Gasteiger partial charge in [-0.1, -0.05) is 32.1 Å². The first kappa shape index (κ1) is 18.2. The highest BCUT2D eigenvalue weighted by atomic mass is 32.1. The van der Waals surface area contributed by atoms with Gasteiger partial charge in [-0.3, -0.25) is 4.79 Å². The van der Waals surface area contributed by atoms with E-state index in [4.69, 9.17) is 5.73 Å². The Morgan fingerprint density at radius 3 is 2.93 bits per heavy atom. The van der Waals surface area contributed by atoms with Crippen LogP contribution in [0.5, 0.6) is 0 Å². The number of aromatic amines is 1. The van der Waals surface area contributed by atoms with E-state index in [1.165, 1.54) is 43.4 Å². The standard InChI is InChI=1S/C21H26N4OS/c22-13-15(12-14-4-2-1-3-5-14)25-21(26)19-7-6-18(27-19)16-8-10-23-20-17(16)9-11-24-20/h6-11,14-15H,1-5,12-13,22H2,(H,23,24)(H,25,26)/t15-/m1/s1. The molecule has 0 aromatic carbocycles. The highest BCUT2D eigenvalue weighted by molar-refractivity contribution is 7.17. The van der Waals surface area contributed by atoms with Gasteiger partial charge in [0, 0.05) is 40.8 Å². The number of fused-ring (bicyclic) bond motifs is 1. The minimum atomic E-state index is -0.0168. The summed E-state index contributed by atoms with van der Waals surface area (Å²) in [6.07, 6.45) is 11.2. The van der Waals surface area contributed by atoms with E-state index >= 15 is 0 Å². The minimum absolute atomic E-state index is 0.0168. The lowest BCUT2D eigenvalue weighted by Crippen LogP contribution is -2.41. The zero-order chi connectivity index (χ0) is 18.6. The predicted molar refractivity (Wildman–Crippen MR) is 111 cm³/mol. The molecule has 1 aliphatic rings. The van der Waals surface area contributed by atoms with Gasteiger partial charge in [-0.15, -0.1) is 11.3 Å². The molecule has 6 heteroatoms. The summed E-state index contributed by atoms with van der Waals surface area (Å²) in [5.41, 5.74) is 7.90. The lowest BCUT2D eigenvalue weighted by molar-refractivity contribution is 0.0934. The first-order chi connectivity index (χ1) is 13.2. The maximum Gasteiger partial charge on any atom is 0.261 e. The van der Waals surface area contributed by atoms with Crippen LogP contribution in [0.1, 0.15) is 48.2 Å². The fourth-order valence-electron chi connectivity index (χ4n) is 4.08. The lowest BCUT2D eigenvalue weighted by Gasteiger charge is -2.26. The molecule has 1 aliphatic carbocycles. The number of H-pyrrole nitrogens is 1. The molecule has 5 nitrogen and oxygen atoms in total. The average molecular weight is 383 g/mol. The van der Waals surface area contributed by atoms with E-state index in [1.807, 2.05) is 30.5 Å². The first-order valence-electron chi connectivity index (χ1n) is 9.78. The quantitative estimate of drug-likeness (QED) is 0.594. The van der Waals surface area contributed by atoms with Crippen LogP contribution in [0.4, 0.5) is 0 Å². The average Bonchev–Trinajstić information content (AvgIpc) is 3.37. The summed E-state index contributed by atoms with van der Waals surface area (Å²) in [6, 6.07) is 7.99. The third-order valence-electron chi connectivity index (χ3n) is 5.52. The Balaban J connectivity index is 1.45. The second-order valence-electron chi connectivity index (χ2n) is 7.41. The van der Waals surface area contributed by atoms with Crippen molar-refractivity contribution in [2.75, 3.05) is 6.54 Å². The lowest BCUT2D eigenvalue weighted by atomic mass is 9.85. The summed E-state index contributed by atoms with van der Waals surface area (Å²) in [6.45, 7) is 0.495. The molecule has 0 spiro atoms. The van der Waals surface area contributed by atoms with E-state index < -0.39 is 0 Å². The number of amides is 1. The molecule has 27 heavy (non-hydrogen) atoms. The Bertz CT molecular complexity index is 910. The molecule has 1 fully saturated rings. The number of aromatic nitrogens is 2. The molecule has 0 unspecified atom stereocenters. The van der Waals surface area contributed by atoms with Crippen molar-refractivity contribution < 1.29 is 4.79 Å². The van der Waals surface area contributed by atoms with Crippen LogP contribution in [0, 0.1) is 5.92 Å². The van der Waals surface area contributed by atoms with Crippen molar-refractivity contribution in [3.05, 3.63) is 41.5 Å². The van der Waals surface area contributed by atoms with Gasteiger partial charge in [0.25, 0.3) is 5.91 Å². The van der Waals surface area contributed by atoms with Crippen LogP contribution in [-0.2, 0) is 0 Å². The molecule has 3 heterocycles. The fourth-order valence-corrected chi connectivity index (χ4v) is 5.02. The van der Waals surface area contributed by atoms with Crippen LogP contribution in [0.15, 0.2) is 36.7 Å². The van der Waals surface area contributed by atoms with Crippen molar-refractivity contribution >= 4 is 28.3 Å². The Labute approximate surface area is 163 Å². The van der Waals surface area contributed by atoms with Crippen LogP contribution >= 0.6 is 11.3 Å². The maximum absolute atomic E-state index is 12.7.